The van der Waals surface area contributed by atoms with Crippen molar-refractivity contribution in [2.24, 2.45) is 0 Å². The molecule has 4 aromatic rings. The van der Waals surface area contributed by atoms with E-state index in [4.69, 9.17) is 4.42 Å². The zero-order valence-corrected chi connectivity index (χ0v) is 16.0. The van der Waals surface area contributed by atoms with E-state index in [1.165, 1.54) is 29.2 Å². The number of benzene rings is 2. The number of aromatic carboxylic acids is 1. The number of hydrogen-bond acceptors (Lipinski definition) is 6. The van der Waals surface area contributed by atoms with Crippen LogP contribution in [0.15, 0.2) is 74.3 Å². The van der Waals surface area contributed by atoms with Crippen LogP contribution in [0.3, 0.4) is 0 Å². The third kappa shape index (κ3) is 3.69. The molecule has 28 heavy (non-hydrogen) atoms. The molecular weight excluding hydrogens is 392 g/mol. The van der Waals surface area contributed by atoms with Gasteiger partial charge in [-0.15, -0.1) is 11.3 Å². The van der Waals surface area contributed by atoms with Gasteiger partial charge in [-0.2, -0.15) is 5.26 Å². The average Bonchev–Trinajstić information content (AvgIpc) is 3.33. The maximum atomic E-state index is 11.4. The smallest absolute Gasteiger partial charge is 0.336 e. The van der Waals surface area contributed by atoms with Gasteiger partial charge < -0.3 is 9.52 Å². The summed E-state index contributed by atoms with van der Waals surface area (Å²) in [5.74, 6) is -0.111. The van der Waals surface area contributed by atoms with Crippen LogP contribution in [0.25, 0.3) is 27.6 Å². The highest BCUT2D eigenvalue weighted by molar-refractivity contribution is 8.05. The van der Waals surface area contributed by atoms with Gasteiger partial charge in [-0.1, -0.05) is 30.3 Å². The highest BCUT2D eigenvalue weighted by Gasteiger charge is 2.14. The van der Waals surface area contributed by atoms with Crippen molar-refractivity contribution in [2.75, 3.05) is 0 Å². The summed E-state index contributed by atoms with van der Waals surface area (Å²) in [5.41, 5.74) is 1.56. The van der Waals surface area contributed by atoms with Crippen LogP contribution in [0.1, 0.15) is 16.1 Å². The van der Waals surface area contributed by atoms with Crippen LogP contribution >= 0.6 is 23.1 Å². The predicted octanol–water partition coefficient (Wildman–Crippen LogP) is 5.91. The molecule has 0 fully saturated rings. The first kappa shape index (κ1) is 18.0. The highest BCUT2D eigenvalue weighted by atomic mass is 32.2. The van der Waals surface area contributed by atoms with E-state index in [0.717, 1.165) is 14.6 Å². The van der Waals surface area contributed by atoms with E-state index in [0.29, 0.717) is 22.0 Å². The maximum Gasteiger partial charge on any atom is 0.336 e. The standard InChI is InChI=1S/C21H12N2O3S2/c22-12-14(27-21-23-17-7-3-4-8-19(17)28-21)11-13-9-10-18(26-13)15-5-1-2-6-16(15)20(24)25/h1-11H,(H,24,25)/b14-11+. The summed E-state index contributed by atoms with van der Waals surface area (Å²) < 4.78 is 7.61. The number of hydrogen-bond donors (Lipinski definition) is 1. The summed E-state index contributed by atoms with van der Waals surface area (Å²) >= 11 is 2.80. The molecule has 0 aliphatic carbocycles. The van der Waals surface area contributed by atoms with Gasteiger partial charge in [0.25, 0.3) is 0 Å². The Kier molecular flexibility index (Phi) is 4.98. The van der Waals surface area contributed by atoms with Crippen molar-refractivity contribution in [1.29, 1.82) is 5.26 Å². The Hall–Kier alpha value is -3.34. The molecule has 2 aromatic carbocycles. The number of fused-ring (bicyclic) bond motifs is 1. The number of rotatable bonds is 5. The van der Waals surface area contributed by atoms with Gasteiger partial charge in [-0.05, 0) is 42.1 Å². The molecule has 2 heterocycles. The molecule has 0 bridgehead atoms. The van der Waals surface area contributed by atoms with Crippen LogP contribution in [-0.4, -0.2) is 16.1 Å². The zero-order chi connectivity index (χ0) is 19.5. The third-order valence-electron chi connectivity index (χ3n) is 3.90. The predicted molar refractivity (Wildman–Crippen MR) is 110 cm³/mol. The number of nitrogens with zero attached hydrogens (tertiary/aromatic N) is 2. The van der Waals surface area contributed by atoms with E-state index in [2.05, 4.69) is 11.1 Å². The van der Waals surface area contributed by atoms with Gasteiger partial charge >= 0.3 is 5.97 Å². The Morgan fingerprint density at radius 3 is 2.71 bits per heavy atom. The number of nitriles is 1. The monoisotopic (exact) mass is 404 g/mol. The SMILES string of the molecule is N#C/C(=C\c1ccc(-c2ccccc2C(=O)O)o1)Sc1nc2ccccc2s1. The molecule has 0 unspecified atom stereocenters. The van der Waals surface area contributed by atoms with Crippen LogP contribution < -0.4 is 0 Å². The fourth-order valence-corrected chi connectivity index (χ4v) is 4.62. The normalized spacial score (nSPS) is 11.5. The molecule has 4 rings (SSSR count). The van der Waals surface area contributed by atoms with Crippen molar-refractivity contribution in [3.63, 3.8) is 0 Å². The van der Waals surface area contributed by atoms with E-state index in [9.17, 15) is 15.2 Å². The minimum atomic E-state index is -1.02. The molecule has 2 aromatic heterocycles. The number of carboxylic acid groups (broad SMARTS) is 1. The van der Waals surface area contributed by atoms with E-state index >= 15 is 0 Å². The molecule has 0 radical (unpaired) electrons. The fraction of sp³-hybridized carbons (Fsp3) is 0. The van der Waals surface area contributed by atoms with Crippen LogP contribution in [0.5, 0.6) is 0 Å². The van der Waals surface area contributed by atoms with E-state index < -0.39 is 5.97 Å². The number of furan rings is 1. The Bertz CT molecular complexity index is 1210. The fourth-order valence-electron chi connectivity index (χ4n) is 2.66. The number of carboxylic acids is 1. The second-order valence-corrected chi connectivity index (χ2v) is 8.04. The lowest BCUT2D eigenvalue weighted by atomic mass is 10.1. The third-order valence-corrected chi connectivity index (χ3v) is 5.93. The summed E-state index contributed by atoms with van der Waals surface area (Å²) in [6.07, 6.45) is 1.63. The van der Waals surface area contributed by atoms with Crippen LogP contribution in [0.4, 0.5) is 0 Å². The summed E-state index contributed by atoms with van der Waals surface area (Å²) in [6.45, 7) is 0. The maximum absolute atomic E-state index is 11.4. The molecule has 0 saturated heterocycles. The molecule has 7 heteroatoms. The number of thiazole rings is 1. The summed E-state index contributed by atoms with van der Waals surface area (Å²) in [5, 5.41) is 18.8. The molecule has 0 aliphatic rings. The zero-order valence-electron chi connectivity index (χ0n) is 14.3. The summed E-state index contributed by atoms with van der Waals surface area (Å²) in [4.78, 5) is 16.4. The highest BCUT2D eigenvalue weighted by Crippen LogP contribution is 2.35. The lowest BCUT2D eigenvalue weighted by Crippen LogP contribution is -1.98. The van der Waals surface area contributed by atoms with Crippen LogP contribution in [0, 0.1) is 11.3 Å². The molecule has 136 valence electrons. The molecule has 1 N–H and O–H groups in total. The van der Waals surface area contributed by atoms with E-state index in [-0.39, 0.29) is 5.56 Å². The molecule has 0 saturated carbocycles. The molecule has 0 spiro atoms. The lowest BCUT2D eigenvalue weighted by molar-refractivity contribution is 0.0697. The summed E-state index contributed by atoms with van der Waals surface area (Å²) in [7, 11) is 0. The number of carbonyl (C=O) groups is 1. The molecule has 0 aliphatic heterocycles. The van der Waals surface area contributed by atoms with Crippen molar-refractivity contribution >= 4 is 45.4 Å². The van der Waals surface area contributed by atoms with Crippen molar-refractivity contribution in [3.05, 3.63) is 76.9 Å². The van der Waals surface area contributed by atoms with Crippen LogP contribution in [-0.2, 0) is 0 Å². The quantitative estimate of drug-likeness (QED) is 0.329. The van der Waals surface area contributed by atoms with Gasteiger partial charge in [0, 0.05) is 11.6 Å². The first-order valence-electron chi connectivity index (χ1n) is 8.22. The number of aromatic nitrogens is 1. The van der Waals surface area contributed by atoms with Gasteiger partial charge in [0.2, 0.25) is 0 Å². The van der Waals surface area contributed by atoms with Gasteiger partial charge in [0.1, 0.15) is 17.6 Å². The summed E-state index contributed by atoms with van der Waals surface area (Å²) in [6, 6.07) is 20.0. The van der Waals surface area contributed by atoms with Gasteiger partial charge in [-0.3, -0.25) is 0 Å². The first-order valence-corrected chi connectivity index (χ1v) is 9.85. The van der Waals surface area contributed by atoms with Crippen LogP contribution in [0.2, 0.25) is 0 Å². The molecule has 0 atom stereocenters. The minimum absolute atomic E-state index is 0.164. The molecular formula is C21H12N2O3S2. The minimum Gasteiger partial charge on any atom is -0.478 e. The van der Waals surface area contributed by atoms with Crippen molar-refractivity contribution in [1.82, 2.24) is 4.98 Å². The Morgan fingerprint density at radius 2 is 1.93 bits per heavy atom. The Morgan fingerprint density at radius 1 is 1.14 bits per heavy atom. The van der Waals surface area contributed by atoms with Crippen molar-refractivity contribution in [3.8, 4) is 17.4 Å². The number of para-hydroxylation sites is 1. The average molecular weight is 404 g/mol. The lowest BCUT2D eigenvalue weighted by Gasteiger charge is -2.02. The Balaban J connectivity index is 1.61. The molecule has 5 nitrogen and oxygen atoms in total. The van der Waals surface area contributed by atoms with E-state index in [1.54, 1.807) is 36.4 Å². The second-order valence-electron chi connectivity index (χ2n) is 5.72. The topological polar surface area (TPSA) is 87.1 Å². The first-order chi connectivity index (χ1) is 13.6. The largest absolute Gasteiger partial charge is 0.478 e. The van der Waals surface area contributed by atoms with Crippen molar-refractivity contribution < 1.29 is 14.3 Å². The number of allylic oxidation sites excluding steroid dienone is 1. The Labute approximate surface area is 168 Å². The second kappa shape index (κ2) is 7.72. The van der Waals surface area contributed by atoms with E-state index in [1.807, 2.05) is 24.3 Å². The molecule has 0 amide bonds. The van der Waals surface area contributed by atoms with Crippen molar-refractivity contribution in [2.45, 2.75) is 4.34 Å². The van der Waals surface area contributed by atoms with Gasteiger partial charge in [0.15, 0.2) is 4.34 Å². The van der Waals surface area contributed by atoms with Gasteiger partial charge in [0.05, 0.1) is 20.7 Å². The number of thioether (sulfide) groups is 1. The van der Waals surface area contributed by atoms with Gasteiger partial charge in [-0.25, -0.2) is 9.78 Å².